The van der Waals surface area contributed by atoms with Crippen molar-refractivity contribution in [1.29, 1.82) is 0 Å². The number of carbonyl (C=O) groups excluding carboxylic acids is 2. The van der Waals surface area contributed by atoms with Gasteiger partial charge >= 0.3 is 0 Å². The molecule has 0 saturated carbocycles. The van der Waals surface area contributed by atoms with Gasteiger partial charge in [-0.2, -0.15) is 0 Å². The average Bonchev–Trinajstić information content (AvgIpc) is 2.61. The van der Waals surface area contributed by atoms with Crippen LogP contribution >= 0.6 is 0 Å². The smallest absolute Gasteiger partial charge is 0.269 e. The monoisotopic (exact) mass is 356 g/mol. The van der Waals surface area contributed by atoms with E-state index in [4.69, 9.17) is 9.47 Å². The molecule has 0 heterocycles. The Morgan fingerprint density at radius 2 is 1.50 bits per heavy atom. The molecule has 0 aliphatic carbocycles. The maximum atomic E-state index is 12.3. The molecule has 2 N–H and O–H groups in total. The molecular formula is C20H24N2O4. The molecule has 26 heavy (non-hydrogen) atoms. The van der Waals surface area contributed by atoms with Crippen LogP contribution in [0.4, 0.5) is 0 Å². The summed E-state index contributed by atoms with van der Waals surface area (Å²) < 4.78 is 11.0. The molecule has 0 radical (unpaired) electrons. The Balaban J connectivity index is 2.07. The van der Waals surface area contributed by atoms with E-state index < -0.39 is 5.91 Å². The summed E-state index contributed by atoms with van der Waals surface area (Å²) in [6.07, 6.45) is 0. The van der Waals surface area contributed by atoms with Gasteiger partial charge in [0.2, 0.25) is 0 Å². The van der Waals surface area contributed by atoms with Crippen LogP contribution in [0.2, 0.25) is 0 Å². The molecule has 0 unspecified atom stereocenters. The first-order valence-electron chi connectivity index (χ1n) is 8.53. The number of hydrazine groups is 1. The second-order valence-corrected chi connectivity index (χ2v) is 5.75. The molecule has 0 spiro atoms. The Hall–Kier alpha value is -3.02. The molecule has 0 aliphatic heterocycles. The summed E-state index contributed by atoms with van der Waals surface area (Å²) in [5.74, 6) is 0.256. The minimum atomic E-state index is -0.438. The normalized spacial score (nSPS) is 10.2. The quantitative estimate of drug-likeness (QED) is 0.780. The lowest BCUT2D eigenvalue weighted by atomic mass is 10.1. The van der Waals surface area contributed by atoms with Gasteiger partial charge < -0.3 is 9.47 Å². The third-order valence-corrected chi connectivity index (χ3v) is 3.72. The van der Waals surface area contributed by atoms with E-state index in [1.54, 1.807) is 24.3 Å². The van der Waals surface area contributed by atoms with Crippen LogP contribution < -0.4 is 20.3 Å². The summed E-state index contributed by atoms with van der Waals surface area (Å²) in [6.45, 7) is 8.49. The summed E-state index contributed by atoms with van der Waals surface area (Å²) in [5, 5.41) is 0. The first-order valence-corrected chi connectivity index (χ1v) is 8.53. The number of benzene rings is 2. The van der Waals surface area contributed by atoms with Gasteiger partial charge in [0.1, 0.15) is 0 Å². The van der Waals surface area contributed by atoms with E-state index in [9.17, 15) is 9.59 Å². The van der Waals surface area contributed by atoms with E-state index in [2.05, 4.69) is 10.9 Å². The first-order chi connectivity index (χ1) is 12.5. The van der Waals surface area contributed by atoms with Crippen molar-refractivity contribution in [2.45, 2.75) is 27.7 Å². The fraction of sp³-hybridized carbons (Fsp3) is 0.300. The number of carbonyl (C=O) groups is 2. The van der Waals surface area contributed by atoms with Crippen molar-refractivity contribution >= 4 is 11.8 Å². The van der Waals surface area contributed by atoms with Gasteiger partial charge in [0.05, 0.1) is 13.2 Å². The van der Waals surface area contributed by atoms with Gasteiger partial charge in [0.25, 0.3) is 11.8 Å². The van der Waals surface area contributed by atoms with Crippen molar-refractivity contribution in [2.75, 3.05) is 13.2 Å². The third kappa shape index (κ3) is 4.75. The highest BCUT2D eigenvalue weighted by Gasteiger charge is 2.14. The van der Waals surface area contributed by atoms with Crippen molar-refractivity contribution in [2.24, 2.45) is 0 Å². The minimum absolute atomic E-state index is 0.359. The number of amides is 2. The van der Waals surface area contributed by atoms with Crippen LogP contribution in [-0.2, 0) is 0 Å². The maximum absolute atomic E-state index is 12.3. The van der Waals surface area contributed by atoms with Gasteiger partial charge in [-0.05, 0) is 57.5 Å². The Morgan fingerprint density at radius 1 is 0.846 bits per heavy atom. The zero-order chi connectivity index (χ0) is 19.1. The van der Waals surface area contributed by atoms with E-state index in [0.29, 0.717) is 35.8 Å². The lowest BCUT2D eigenvalue weighted by Gasteiger charge is -2.13. The number of nitrogens with one attached hydrogen (secondary N) is 2. The fourth-order valence-electron chi connectivity index (χ4n) is 2.51. The molecule has 0 saturated heterocycles. The van der Waals surface area contributed by atoms with Crippen molar-refractivity contribution in [3.63, 3.8) is 0 Å². The standard InChI is InChI=1S/C20H24N2O4/c1-5-25-17-10-8-15(12-18(17)26-6-2)19(23)21-22-20(24)16-9-7-13(3)11-14(16)4/h7-12H,5-6H2,1-4H3,(H,21,23)(H,22,24). The van der Waals surface area contributed by atoms with Crippen LogP contribution in [0.15, 0.2) is 36.4 Å². The molecular weight excluding hydrogens is 332 g/mol. The Morgan fingerprint density at radius 3 is 2.15 bits per heavy atom. The number of hydrogen-bond acceptors (Lipinski definition) is 4. The third-order valence-electron chi connectivity index (χ3n) is 3.72. The average molecular weight is 356 g/mol. The second-order valence-electron chi connectivity index (χ2n) is 5.75. The molecule has 0 aromatic heterocycles. The van der Waals surface area contributed by atoms with Gasteiger partial charge in [-0.15, -0.1) is 0 Å². The second kappa shape index (κ2) is 8.89. The van der Waals surface area contributed by atoms with E-state index in [1.165, 1.54) is 0 Å². The van der Waals surface area contributed by atoms with Crippen LogP contribution in [0.25, 0.3) is 0 Å². The number of aryl methyl sites for hydroxylation is 2. The molecule has 2 aromatic carbocycles. The fourth-order valence-corrected chi connectivity index (χ4v) is 2.51. The van der Waals surface area contributed by atoms with E-state index in [-0.39, 0.29) is 5.91 Å². The molecule has 2 rings (SSSR count). The van der Waals surface area contributed by atoms with Crippen molar-refractivity contribution < 1.29 is 19.1 Å². The summed E-state index contributed by atoms with van der Waals surface area (Å²) in [5.41, 5.74) is 7.65. The highest BCUT2D eigenvalue weighted by molar-refractivity contribution is 6.00. The van der Waals surface area contributed by atoms with Crippen LogP contribution in [-0.4, -0.2) is 25.0 Å². The summed E-state index contributed by atoms with van der Waals surface area (Å²) >= 11 is 0. The van der Waals surface area contributed by atoms with E-state index in [1.807, 2.05) is 39.8 Å². The van der Waals surface area contributed by atoms with Gasteiger partial charge in [0.15, 0.2) is 11.5 Å². The molecule has 0 aliphatic rings. The molecule has 0 atom stereocenters. The molecule has 2 aromatic rings. The maximum Gasteiger partial charge on any atom is 0.269 e. The lowest BCUT2D eigenvalue weighted by molar-refractivity contribution is 0.0846. The predicted octanol–water partition coefficient (Wildman–Crippen LogP) is 3.18. The predicted molar refractivity (Wildman–Crippen MR) is 99.6 cm³/mol. The molecule has 6 heteroatoms. The van der Waals surface area contributed by atoms with Crippen molar-refractivity contribution in [1.82, 2.24) is 10.9 Å². The van der Waals surface area contributed by atoms with Gasteiger partial charge in [0, 0.05) is 11.1 Å². The SMILES string of the molecule is CCOc1ccc(C(=O)NNC(=O)c2ccc(C)cc2C)cc1OCC. The van der Waals surface area contributed by atoms with Gasteiger partial charge in [-0.3, -0.25) is 20.4 Å². The van der Waals surface area contributed by atoms with E-state index >= 15 is 0 Å². The molecule has 138 valence electrons. The summed E-state index contributed by atoms with van der Waals surface area (Å²) in [4.78, 5) is 24.6. The zero-order valence-electron chi connectivity index (χ0n) is 15.5. The zero-order valence-corrected chi connectivity index (χ0v) is 15.5. The van der Waals surface area contributed by atoms with Crippen LogP contribution in [0.1, 0.15) is 45.7 Å². The Labute approximate surface area is 153 Å². The Bertz CT molecular complexity index is 802. The molecule has 0 fully saturated rings. The highest BCUT2D eigenvalue weighted by atomic mass is 16.5. The van der Waals surface area contributed by atoms with Crippen LogP contribution in [0, 0.1) is 13.8 Å². The minimum Gasteiger partial charge on any atom is -0.490 e. The largest absolute Gasteiger partial charge is 0.490 e. The number of hydrogen-bond donors (Lipinski definition) is 2. The topological polar surface area (TPSA) is 76.7 Å². The summed E-state index contributed by atoms with van der Waals surface area (Å²) in [7, 11) is 0. The molecule has 0 bridgehead atoms. The van der Waals surface area contributed by atoms with E-state index in [0.717, 1.165) is 11.1 Å². The molecule has 2 amide bonds. The number of rotatable bonds is 6. The Kier molecular flexibility index (Phi) is 6.60. The first kappa shape index (κ1) is 19.3. The van der Waals surface area contributed by atoms with Gasteiger partial charge in [-0.25, -0.2) is 0 Å². The number of ether oxygens (including phenoxy) is 2. The van der Waals surface area contributed by atoms with Crippen LogP contribution in [0.5, 0.6) is 11.5 Å². The molecule has 6 nitrogen and oxygen atoms in total. The van der Waals surface area contributed by atoms with Crippen LogP contribution in [0.3, 0.4) is 0 Å². The van der Waals surface area contributed by atoms with Crippen molar-refractivity contribution in [3.8, 4) is 11.5 Å². The summed E-state index contributed by atoms with van der Waals surface area (Å²) in [6, 6.07) is 10.4. The highest BCUT2D eigenvalue weighted by Crippen LogP contribution is 2.28. The van der Waals surface area contributed by atoms with Gasteiger partial charge in [-0.1, -0.05) is 17.7 Å². The van der Waals surface area contributed by atoms with Crippen molar-refractivity contribution in [3.05, 3.63) is 58.7 Å². The lowest BCUT2D eigenvalue weighted by Crippen LogP contribution is -2.41.